The van der Waals surface area contributed by atoms with Crippen molar-refractivity contribution >= 4 is 0 Å². The fraction of sp³-hybridized carbons (Fsp3) is 0.818. The minimum atomic E-state index is -0.185. The molecule has 2 fully saturated rings. The van der Waals surface area contributed by atoms with E-state index >= 15 is 0 Å². The molecule has 0 aromatic carbocycles. The lowest BCUT2D eigenvalue weighted by Gasteiger charge is -2.57. The average molecular weight is 180 g/mol. The molecule has 3 rings (SSSR count). The molecule has 3 atom stereocenters. The predicted molar refractivity (Wildman–Crippen MR) is 49.2 cm³/mol. The van der Waals surface area contributed by atoms with Crippen LogP contribution in [-0.2, 0) is 9.47 Å². The molecular formula is C11H16O2. The van der Waals surface area contributed by atoms with Gasteiger partial charge in [-0.2, -0.15) is 0 Å². The zero-order valence-electron chi connectivity index (χ0n) is 8.03. The van der Waals surface area contributed by atoms with E-state index in [0.717, 1.165) is 13.2 Å². The van der Waals surface area contributed by atoms with E-state index < -0.39 is 0 Å². The molecule has 72 valence electrons. The lowest BCUT2D eigenvalue weighted by molar-refractivity contribution is -0.308. The summed E-state index contributed by atoms with van der Waals surface area (Å²) in [6.45, 7) is 3.83. The third kappa shape index (κ3) is 0.856. The van der Waals surface area contributed by atoms with Gasteiger partial charge in [0, 0.05) is 11.8 Å². The van der Waals surface area contributed by atoms with Crippen molar-refractivity contribution < 1.29 is 9.47 Å². The summed E-state index contributed by atoms with van der Waals surface area (Å²) in [5, 5.41) is 0. The zero-order chi connectivity index (χ0) is 8.89. The van der Waals surface area contributed by atoms with Crippen molar-refractivity contribution in [3.8, 4) is 0 Å². The van der Waals surface area contributed by atoms with Gasteiger partial charge in [0.25, 0.3) is 0 Å². The first kappa shape index (κ1) is 8.01. The highest BCUT2D eigenvalue weighted by Gasteiger charge is 2.62. The molecule has 1 heterocycles. The highest BCUT2D eigenvalue weighted by molar-refractivity contribution is 5.14. The predicted octanol–water partition coefficient (Wildman–Crippen LogP) is 1.96. The Balaban J connectivity index is 1.88. The smallest absolute Gasteiger partial charge is 0.174 e. The standard InChI is InChI=1S/C11H16O2/c1-8-9-4-2-3-5-10(9)11(8)12-6-7-13-11/h2,4,8-10H,3,5-7H2,1H3/t8-,9-,10-/m1/s1. The summed E-state index contributed by atoms with van der Waals surface area (Å²) in [6, 6.07) is 0. The fourth-order valence-electron chi connectivity index (χ4n) is 3.25. The molecule has 0 bridgehead atoms. The van der Waals surface area contributed by atoms with Gasteiger partial charge in [0.2, 0.25) is 0 Å². The van der Waals surface area contributed by atoms with Gasteiger partial charge in [0.15, 0.2) is 5.79 Å². The molecule has 1 aliphatic heterocycles. The van der Waals surface area contributed by atoms with Gasteiger partial charge in [-0.25, -0.2) is 0 Å². The molecule has 2 nitrogen and oxygen atoms in total. The Morgan fingerprint density at radius 1 is 1.31 bits per heavy atom. The summed E-state index contributed by atoms with van der Waals surface area (Å²) in [7, 11) is 0. The topological polar surface area (TPSA) is 18.5 Å². The van der Waals surface area contributed by atoms with Crippen molar-refractivity contribution in [2.75, 3.05) is 13.2 Å². The highest BCUT2D eigenvalue weighted by atomic mass is 16.7. The number of rotatable bonds is 0. The SMILES string of the molecule is C[C@@H]1[C@H]2C=CCC[C@H]2C12OCCO2. The van der Waals surface area contributed by atoms with E-state index in [1.165, 1.54) is 12.8 Å². The molecule has 13 heavy (non-hydrogen) atoms. The normalized spacial score (nSPS) is 46.1. The van der Waals surface area contributed by atoms with Crippen molar-refractivity contribution in [3.05, 3.63) is 12.2 Å². The van der Waals surface area contributed by atoms with Crippen LogP contribution in [0.15, 0.2) is 12.2 Å². The number of allylic oxidation sites excluding steroid dienone is 2. The molecule has 0 radical (unpaired) electrons. The molecule has 0 aromatic heterocycles. The second-order valence-electron chi connectivity index (χ2n) is 4.40. The van der Waals surface area contributed by atoms with Crippen LogP contribution in [0.25, 0.3) is 0 Å². The van der Waals surface area contributed by atoms with Crippen LogP contribution >= 0.6 is 0 Å². The van der Waals surface area contributed by atoms with Crippen molar-refractivity contribution in [3.63, 3.8) is 0 Å². The van der Waals surface area contributed by atoms with E-state index in [-0.39, 0.29) is 5.79 Å². The van der Waals surface area contributed by atoms with Gasteiger partial charge in [0.1, 0.15) is 0 Å². The summed E-state index contributed by atoms with van der Waals surface area (Å²) >= 11 is 0. The number of hydrogen-bond acceptors (Lipinski definition) is 2. The van der Waals surface area contributed by atoms with Crippen LogP contribution in [0.3, 0.4) is 0 Å². The van der Waals surface area contributed by atoms with Gasteiger partial charge < -0.3 is 9.47 Å². The Hall–Kier alpha value is -0.340. The zero-order valence-corrected chi connectivity index (χ0v) is 8.03. The summed E-state index contributed by atoms with van der Waals surface area (Å²) < 4.78 is 11.6. The van der Waals surface area contributed by atoms with Crippen molar-refractivity contribution in [1.82, 2.24) is 0 Å². The van der Waals surface area contributed by atoms with Crippen LogP contribution in [-0.4, -0.2) is 19.0 Å². The molecule has 0 aromatic rings. The second kappa shape index (κ2) is 2.58. The van der Waals surface area contributed by atoms with Gasteiger partial charge in [-0.05, 0) is 18.8 Å². The fourth-order valence-corrected chi connectivity index (χ4v) is 3.25. The van der Waals surface area contributed by atoms with Gasteiger partial charge in [-0.3, -0.25) is 0 Å². The van der Waals surface area contributed by atoms with Gasteiger partial charge in [-0.15, -0.1) is 0 Å². The third-order valence-electron chi connectivity index (χ3n) is 3.93. The lowest BCUT2D eigenvalue weighted by Crippen LogP contribution is -2.62. The van der Waals surface area contributed by atoms with E-state index in [9.17, 15) is 0 Å². The molecule has 1 saturated heterocycles. The minimum absolute atomic E-state index is 0.185. The first-order chi connectivity index (χ1) is 6.34. The van der Waals surface area contributed by atoms with Crippen molar-refractivity contribution in [2.45, 2.75) is 25.6 Å². The summed E-state index contributed by atoms with van der Waals surface area (Å²) in [4.78, 5) is 0. The first-order valence-corrected chi connectivity index (χ1v) is 5.29. The van der Waals surface area contributed by atoms with Gasteiger partial charge in [-0.1, -0.05) is 19.1 Å². The second-order valence-corrected chi connectivity index (χ2v) is 4.40. The average Bonchev–Trinajstić information content (AvgIpc) is 2.68. The molecule has 0 unspecified atom stereocenters. The van der Waals surface area contributed by atoms with Crippen LogP contribution in [0.1, 0.15) is 19.8 Å². The maximum atomic E-state index is 5.80. The Morgan fingerprint density at radius 3 is 2.85 bits per heavy atom. The number of fused-ring (bicyclic) bond motifs is 2. The highest BCUT2D eigenvalue weighted by Crippen LogP contribution is 2.57. The summed E-state index contributed by atoms with van der Waals surface area (Å²) in [5.74, 6) is 1.72. The molecule has 2 heteroatoms. The third-order valence-corrected chi connectivity index (χ3v) is 3.93. The monoisotopic (exact) mass is 180 g/mol. The van der Waals surface area contributed by atoms with Crippen molar-refractivity contribution in [2.24, 2.45) is 17.8 Å². The first-order valence-electron chi connectivity index (χ1n) is 5.29. The Bertz CT molecular complexity index is 240. The molecule has 3 aliphatic rings. The van der Waals surface area contributed by atoms with E-state index in [1.807, 2.05) is 0 Å². The number of ether oxygens (including phenoxy) is 2. The molecule has 0 amide bonds. The molecule has 0 N–H and O–H groups in total. The lowest BCUT2D eigenvalue weighted by atomic mass is 9.57. The van der Waals surface area contributed by atoms with E-state index in [0.29, 0.717) is 17.8 Å². The molecule has 1 saturated carbocycles. The van der Waals surface area contributed by atoms with Crippen LogP contribution < -0.4 is 0 Å². The van der Waals surface area contributed by atoms with Crippen LogP contribution in [0, 0.1) is 17.8 Å². The maximum Gasteiger partial charge on any atom is 0.174 e. The number of hydrogen-bond donors (Lipinski definition) is 0. The largest absolute Gasteiger partial charge is 0.347 e. The quantitative estimate of drug-likeness (QED) is 0.530. The molecule has 2 aliphatic carbocycles. The van der Waals surface area contributed by atoms with Gasteiger partial charge >= 0.3 is 0 Å². The Labute approximate surface area is 78.9 Å². The maximum absolute atomic E-state index is 5.80. The van der Waals surface area contributed by atoms with Crippen molar-refractivity contribution in [1.29, 1.82) is 0 Å². The van der Waals surface area contributed by atoms with Crippen LogP contribution in [0.5, 0.6) is 0 Å². The van der Waals surface area contributed by atoms with E-state index in [4.69, 9.17) is 9.47 Å². The van der Waals surface area contributed by atoms with Crippen LogP contribution in [0.2, 0.25) is 0 Å². The van der Waals surface area contributed by atoms with Gasteiger partial charge in [0.05, 0.1) is 13.2 Å². The van der Waals surface area contributed by atoms with Crippen LogP contribution in [0.4, 0.5) is 0 Å². The summed E-state index contributed by atoms with van der Waals surface area (Å²) in [6.07, 6.45) is 7.10. The minimum Gasteiger partial charge on any atom is -0.347 e. The molecule has 1 spiro atoms. The Morgan fingerprint density at radius 2 is 2.08 bits per heavy atom. The Kier molecular flexibility index (Phi) is 1.59. The molecular weight excluding hydrogens is 164 g/mol. The summed E-state index contributed by atoms with van der Waals surface area (Å²) in [5.41, 5.74) is 0. The van der Waals surface area contributed by atoms with E-state index in [1.54, 1.807) is 0 Å². The van der Waals surface area contributed by atoms with E-state index in [2.05, 4.69) is 19.1 Å².